The number of ether oxygens (including phenoxy) is 2. The molecule has 0 unspecified atom stereocenters. The lowest BCUT2D eigenvalue weighted by Gasteiger charge is -2.14. The van der Waals surface area contributed by atoms with Crippen molar-refractivity contribution >= 4 is 39.1 Å². The summed E-state index contributed by atoms with van der Waals surface area (Å²) >= 11 is 0. The van der Waals surface area contributed by atoms with Gasteiger partial charge in [0.2, 0.25) is 0 Å². The van der Waals surface area contributed by atoms with Gasteiger partial charge < -0.3 is 20.1 Å². The van der Waals surface area contributed by atoms with Gasteiger partial charge in [-0.1, -0.05) is 38.5 Å². The van der Waals surface area contributed by atoms with Gasteiger partial charge in [0.05, 0.1) is 22.0 Å². The fourth-order valence-electron chi connectivity index (χ4n) is 3.95. The van der Waals surface area contributed by atoms with Crippen molar-refractivity contribution in [2.45, 2.75) is 38.0 Å². The summed E-state index contributed by atoms with van der Waals surface area (Å²) in [5, 5.41) is 12.7. The third kappa shape index (κ3) is 8.17. The molecule has 0 spiro atoms. The van der Waals surface area contributed by atoms with Crippen LogP contribution in [0.4, 0.5) is 22.1 Å². The van der Waals surface area contributed by atoms with Gasteiger partial charge >= 0.3 is 6.03 Å². The molecule has 0 saturated heterocycles. The molecule has 12 nitrogen and oxygen atoms in total. The molecule has 0 aliphatic heterocycles. The van der Waals surface area contributed by atoms with Gasteiger partial charge in [-0.3, -0.25) is 10.1 Å². The number of anilines is 3. The first-order chi connectivity index (χ1) is 20.2. The summed E-state index contributed by atoms with van der Waals surface area (Å²) in [6, 6.07) is 16.1. The van der Waals surface area contributed by atoms with Gasteiger partial charge in [-0.2, -0.15) is 5.10 Å². The van der Waals surface area contributed by atoms with Crippen LogP contribution in [0.1, 0.15) is 32.0 Å². The number of pyridine rings is 1. The number of nitrogens with one attached hydrogen (secondary N) is 3. The number of amides is 3. The topological polar surface area (TPSA) is 154 Å². The zero-order valence-electron chi connectivity index (χ0n) is 24.8. The number of hydrogen-bond donors (Lipinski definition) is 3. The number of carbonyl (C=O) groups is 2. The number of hydrogen-bond acceptors (Lipinski definition) is 8. The highest BCUT2D eigenvalue weighted by Crippen LogP contribution is 2.31. The zero-order valence-corrected chi connectivity index (χ0v) is 25.6. The lowest BCUT2D eigenvalue weighted by molar-refractivity contribution is -0.119. The lowest BCUT2D eigenvalue weighted by Crippen LogP contribution is -2.22. The minimum atomic E-state index is -3.79. The van der Waals surface area contributed by atoms with Crippen molar-refractivity contribution in [3.05, 3.63) is 78.1 Å². The molecule has 3 N–H and O–H groups in total. The molecule has 0 aliphatic rings. The van der Waals surface area contributed by atoms with Crippen LogP contribution in [0.25, 0.3) is 5.69 Å². The molecule has 3 amide bonds. The normalized spacial score (nSPS) is 11.6. The van der Waals surface area contributed by atoms with Crippen molar-refractivity contribution in [3.8, 4) is 17.2 Å². The Balaban J connectivity index is 1.57. The smallest absolute Gasteiger partial charge is 0.324 e. The Morgan fingerprint density at radius 2 is 1.63 bits per heavy atom. The Hall–Kier alpha value is -4.75. The standard InChI is InChI=1S/C30H34N6O6S/c1-19-7-9-20(10-8-19)36-27(17-25(35-36)30(2,3)4)34-29(38)32-23-12-11-21(15-24(23)43(6,39)40)42-22-13-14-31-26(16-22)33-28(37)18-41-5/h7-17H,18H2,1-6H3,(H,31,33,37)(H2,32,34,38). The molecule has 2 aromatic carbocycles. The van der Waals surface area contributed by atoms with Gasteiger partial charge in [0.15, 0.2) is 9.84 Å². The van der Waals surface area contributed by atoms with Crippen molar-refractivity contribution in [1.29, 1.82) is 0 Å². The Kier molecular flexibility index (Phi) is 9.16. The molecule has 2 aromatic heterocycles. The lowest BCUT2D eigenvalue weighted by atomic mass is 9.92. The molecule has 2 heterocycles. The molecule has 0 bridgehead atoms. The number of sulfone groups is 1. The largest absolute Gasteiger partial charge is 0.457 e. The number of urea groups is 1. The number of carbonyl (C=O) groups excluding carboxylic acids is 2. The monoisotopic (exact) mass is 606 g/mol. The zero-order chi connectivity index (χ0) is 31.4. The second-order valence-corrected chi connectivity index (χ2v) is 12.9. The number of aromatic nitrogens is 3. The van der Waals surface area contributed by atoms with Gasteiger partial charge in [-0.05, 0) is 37.3 Å². The van der Waals surface area contributed by atoms with E-state index in [0.29, 0.717) is 11.6 Å². The van der Waals surface area contributed by atoms with E-state index in [-0.39, 0.29) is 34.2 Å². The highest BCUT2D eigenvalue weighted by molar-refractivity contribution is 7.90. The average molecular weight is 607 g/mol. The third-order valence-corrected chi connectivity index (χ3v) is 7.25. The van der Waals surface area contributed by atoms with Crippen molar-refractivity contribution in [2.24, 2.45) is 0 Å². The first-order valence-electron chi connectivity index (χ1n) is 13.3. The predicted octanol–water partition coefficient (Wildman–Crippen LogP) is 5.30. The Morgan fingerprint density at radius 3 is 2.28 bits per heavy atom. The molecule has 226 valence electrons. The molecule has 13 heteroatoms. The minimum absolute atomic E-state index is 0.0621. The Morgan fingerprint density at radius 1 is 0.930 bits per heavy atom. The molecule has 0 fully saturated rings. The number of aryl methyl sites for hydroxylation is 1. The van der Waals surface area contributed by atoms with Gasteiger partial charge in [0, 0.05) is 43.2 Å². The maximum Gasteiger partial charge on any atom is 0.324 e. The van der Waals surface area contributed by atoms with Crippen LogP contribution >= 0.6 is 0 Å². The first-order valence-corrected chi connectivity index (χ1v) is 15.1. The second kappa shape index (κ2) is 12.6. The van der Waals surface area contributed by atoms with Crippen LogP contribution in [0, 0.1) is 6.92 Å². The number of methoxy groups -OCH3 is 1. The van der Waals surface area contributed by atoms with E-state index in [1.807, 2.05) is 52.0 Å². The van der Waals surface area contributed by atoms with Gasteiger partial charge in [0.1, 0.15) is 29.7 Å². The van der Waals surface area contributed by atoms with Crippen molar-refractivity contribution < 1.29 is 27.5 Å². The van der Waals surface area contributed by atoms with Crippen LogP contribution in [0.3, 0.4) is 0 Å². The van der Waals surface area contributed by atoms with E-state index < -0.39 is 21.8 Å². The molecule has 4 aromatic rings. The molecule has 0 radical (unpaired) electrons. The van der Waals surface area contributed by atoms with Gasteiger partial charge in [-0.15, -0.1) is 0 Å². The van der Waals surface area contributed by atoms with Gasteiger partial charge in [0.25, 0.3) is 5.91 Å². The SMILES string of the molecule is COCC(=O)Nc1cc(Oc2ccc(NC(=O)Nc3cc(C(C)(C)C)nn3-c3ccc(C)cc3)c(S(C)(=O)=O)c2)ccn1. The molecular weight excluding hydrogens is 572 g/mol. The summed E-state index contributed by atoms with van der Waals surface area (Å²) in [6.07, 6.45) is 2.47. The molecular formula is C30H34N6O6S. The van der Waals surface area contributed by atoms with Crippen molar-refractivity contribution in [1.82, 2.24) is 14.8 Å². The van der Waals surface area contributed by atoms with Crippen molar-refractivity contribution in [2.75, 3.05) is 35.9 Å². The third-order valence-electron chi connectivity index (χ3n) is 6.11. The van der Waals surface area contributed by atoms with Crippen LogP contribution in [0.2, 0.25) is 0 Å². The maximum atomic E-state index is 13.2. The Labute approximate surface area is 250 Å². The fourth-order valence-corrected chi connectivity index (χ4v) is 4.80. The number of benzene rings is 2. The second-order valence-electron chi connectivity index (χ2n) is 10.9. The minimum Gasteiger partial charge on any atom is -0.457 e. The van der Waals surface area contributed by atoms with Crippen LogP contribution in [-0.2, 0) is 24.8 Å². The van der Waals surface area contributed by atoms with Crippen LogP contribution in [-0.4, -0.2) is 55.1 Å². The van der Waals surface area contributed by atoms with E-state index in [9.17, 15) is 18.0 Å². The highest BCUT2D eigenvalue weighted by Gasteiger charge is 2.23. The Bertz CT molecular complexity index is 1740. The first kappa shape index (κ1) is 31.2. The van der Waals surface area contributed by atoms with E-state index in [1.54, 1.807) is 16.8 Å². The van der Waals surface area contributed by atoms with Crippen LogP contribution in [0.15, 0.2) is 71.8 Å². The van der Waals surface area contributed by atoms with E-state index in [4.69, 9.17) is 14.6 Å². The summed E-state index contributed by atoms with van der Waals surface area (Å²) in [5.74, 6) is 0.756. The molecule has 0 atom stereocenters. The molecule has 4 rings (SSSR count). The fraction of sp³-hybridized carbons (Fsp3) is 0.267. The van der Waals surface area contributed by atoms with Gasteiger partial charge in [-0.25, -0.2) is 22.9 Å². The van der Waals surface area contributed by atoms with E-state index in [2.05, 4.69) is 20.9 Å². The van der Waals surface area contributed by atoms with Crippen LogP contribution < -0.4 is 20.7 Å². The summed E-state index contributed by atoms with van der Waals surface area (Å²) in [4.78, 5) is 28.9. The summed E-state index contributed by atoms with van der Waals surface area (Å²) in [7, 11) is -2.39. The molecule has 0 saturated carbocycles. The molecule has 43 heavy (non-hydrogen) atoms. The maximum absolute atomic E-state index is 13.2. The summed E-state index contributed by atoms with van der Waals surface area (Å²) < 4.78 is 37.7. The average Bonchev–Trinajstić information content (AvgIpc) is 3.34. The molecule has 0 aliphatic carbocycles. The van der Waals surface area contributed by atoms with Crippen molar-refractivity contribution in [3.63, 3.8) is 0 Å². The summed E-state index contributed by atoms with van der Waals surface area (Å²) in [6.45, 7) is 7.90. The van der Waals surface area contributed by atoms with E-state index in [1.165, 1.54) is 37.6 Å². The number of nitrogens with zero attached hydrogens (tertiary/aromatic N) is 3. The number of rotatable bonds is 9. The summed E-state index contributed by atoms with van der Waals surface area (Å²) in [5.41, 5.74) is 2.38. The predicted molar refractivity (Wildman–Crippen MR) is 164 cm³/mol. The highest BCUT2D eigenvalue weighted by atomic mass is 32.2. The quantitative estimate of drug-likeness (QED) is 0.232. The van der Waals surface area contributed by atoms with E-state index in [0.717, 1.165) is 23.2 Å². The van der Waals surface area contributed by atoms with Crippen LogP contribution in [0.5, 0.6) is 11.5 Å². The van der Waals surface area contributed by atoms with E-state index >= 15 is 0 Å².